The molecular formula is C17H30N4O. The van der Waals surface area contributed by atoms with Crippen molar-refractivity contribution in [3.05, 3.63) is 30.1 Å². The molecule has 0 saturated heterocycles. The molecule has 0 saturated carbocycles. The van der Waals surface area contributed by atoms with E-state index in [-0.39, 0.29) is 0 Å². The van der Waals surface area contributed by atoms with Gasteiger partial charge >= 0.3 is 0 Å². The lowest BCUT2D eigenvalue weighted by atomic mass is 9.93. The standard InChI is InChI=1S/C17H30N4O/c1-4-10-17(22,11-5-2)14-21-16(18-6-3)20-13-15-9-7-8-12-19-15/h7-9,12,22H,4-6,10-11,13-14H2,1-3H3,(H2,18,20,21). The Hall–Kier alpha value is -1.62. The summed E-state index contributed by atoms with van der Waals surface area (Å²) in [6, 6.07) is 5.81. The molecule has 3 N–H and O–H groups in total. The van der Waals surface area contributed by atoms with Gasteiger partial charge in [0.05, 0.1) is 17.8 Å². The Morgan fingerprint density at radius 3 is 2.45 bits per heavy atom. The zero-order valence-corrected chi connectivity index (χ0v) is 14.1. The van der Waals surface area contributed by atoms with E-state index in [1.165, 1.54) is 0 Å². The number of aliphatic imine (C=N–C) groups is 1. The molecule has 1 aromatic rings. The van der Waals surface area contributed by atoms with Crippen molar-refractivity contribution >= 4 is 5.96 Å². The molecule has 1 aromatic heterocycles. The van der Waals surface area contributed by atoms with Crippen LogP contribution in [-0.2, 0) is 6.54 Å². The van der Waals surface area contributed by atoms with Gasteiger partial charge in [0, 0.05) is 19.3 Å². The van der Waals surface area contributed by atoms with Gasteiger partial charge in [-0.15, -0.1) is 0 Å². The summed E-state index contributed by atoms with van der Waals surface area (Å²) in [5, 5.41) is 17.1. The maximum atomic E-state index is 10.7. The second-order valence-electron chi connectivity index (χ2n) is 5.59. The van der Waals surface area contributed by atoms with Gasteiger partial charge in [-0.1, -0.05) is 32.8 Å². The minimum atomic E-state index is -0.662. The van der Waals surface area contributed by atoms with Crippen molar-refractivity contribution < 1.29 is 5.11 Å². The van der Waals surface area contributed by atoms with E-state index in [4.69, 9.17) is 0 Å². The van der Waals surface area contributed by atoms with Crippen molar-refractivity contribution in [1.29, 1.82) is 0 Å². The zero-order valence-electron chi connectivity index (χ0n) is 14.1. The highest BCUT2D eigenvalue weighted by Crippen LogP contribution is 2.18. The minimum Gasteiger partial charge on any atom is -0.388 e. The predicted molar refractivity (Wildman–Crippen MR) is 91.8 cm³/mol. The summed E-state index contributed by atoms with van der Waals surface area (Å²) in [6.45, 7) is 8.05. The summed E-state index contributed by atoms with van der Waals surface area (Å²) in [4.78, 5) is 8.79. The molecule has 5 nitrogen and oxygen atoms in total. The van der Waals surface area contributed by atoms with E-state index in [1.807, 2.05) is 25.1 Å². The summed E-state index contributed by atoms with van der Waals surface area (Å²) in [6.07, 6.45) is 5.31. The van der Waals surface area contributed by atoms with Gasteiger partial charge in [0.25, 0.3) is 0 Å². The third kappa shape index (κ3) is 6.89. The van der Waals surface area contributed by atoms with Crippen molar-refractivity contribution in [2.75, 3.05) is 13.1 Å². The lowest BCUT2D eigenvalue weighted by Gasteiger charge is -2.28. The van der Waals surface area contributed by atoms with Crippen molar-refractivity contribution in [3.8, 4) is 0 Å². The highest BCUT2D eigenvalue weighted by molar-refractivity contribution is 5.79. The summed E-state index contributed by atoms with van der Waals surface area (Å²) < 4.78 is 0. The van der Waals surface area contributed by atoms with E-state index in [0.717, 1.165) is 43.9 Å². The molecule has 5 heteroatoms. The first-order valence-corrected chi connectivity index (χ1v) is 8.28. The van der Waals surface area contributed by atoms with Gasteiger partial charge < -0.3 is 15.7 Å². The Balaban J connectivity index is 2.62. The first-order chi connectivity index (χ1) is 10.6. The molecule has 0 fully saturated rings. The van der Waals surface area contributed by atoms with E-state index in [9.17, 15) is 5.11 Å². The van der Waals surface area contributed by atoms with Crippen molar-refractivity contribution in [1.82, 2.24) is 15.6 Å². The number of guanidine groups is 1. The second-order valence-corrected chi connectivity index (χ2v) is 5.59. The fraction of sp³-hybridized carbons (Fsp3) is 0.647. The van der Waals surface area contributed by atoms with Crippen LogP contribution in [0.1, 0.15) is 52.1 Å². The third-order valence-electron chi connectivity index (χ3n) is 3.49. The molecule has 0 radical (unpaired) electrons. The quantitative estimate of drug-likeness (QED) is 0.484. The minimum absolute atomic E-state index is 0.517. The van der Waals surface area contributed by atoms with Gasteiger partial charge in [0.1, 0.15) is 0 Å². The van der Waals surface area contributed by atoms with Gasteiger partial charge in [0.2, 0.25) is 0 Å². The molecule has 0 aliphatic heterocycles. The van der Waals surface area contributed by atoms with E-state index < -0.39 is 5.60 Å². The molecule has 22 heavy (non-hydrogen) atoms. The third-order valence-corrected chi connectivity index (χ3v) is 3.49. The molecule has 0 aromatic carbocycles. The predicted octanol–water partition coefficient (Wildman–Crippen LogP) is 2.47. The van der Waals surface area contributed by atoms with Crippen molar-refractivity contribution in [3.63, 3.8) is 0 Å². The lowest BCUT2D eigenvalue weighted by Crippen LogP contribution is -2.47. The normalized spacial score (nSPS) is 12.3. The summed E-state index contributed by atoms with van der Waals surface area (Å²) in [5.74, 6) is 0.721. The average Bonchev–Trinajstić information content (AvgIpc) is 2.52. The van der Waals surface area contributed by atoms with Gasteiger partial charge in [0.15, 0.2) is 5.96 Å². The highest BCUT2D eigenvalue weighted by atomic mass is 16.3. The summed E-state index contributed by atoms with van der Waals surface area (Å²) in [7, 11) is 0. The van der Waals surface area contributed by atoms with Gasteiger partial charge in [-0.25, -0.2) is 4.99 Å². The number of rotatable bonds is 9. The summed E-state index contributed by atoms with van der Waals surface area (Å²) >= 11 is 0. The van der Waals surface area contributed by atoms with Crippen LogP contribution < -0.4 is 10.6 Å². The molecule has 0 atom stereocenters. The van der Waals surface area contributed by atoms with Crippen LogP contribution in [0.15, 0.2) is 29.4 Å². The molecule has 0 bridgehead atoms. The Bertz CT molecular complexity index is 428. The van der Waals surface area contributed by atoms with E-state index in [1.54, 1.807) is 6.20 Å². The number of pyridine rings is 1. The van der Waals surface area contributed by atoms with Crippen LogP contribution in [0.3, 0.4) is 0 Å². The van der Waals surface area contributed by atoms with Crippen LogP contribution in [0.5, 0.6) is 0 Å². The van der Waals surface area contributed by atoms with Crippen LogP contribution in [-0.4, -0.2) is 34.7 Å². The Labute approximate surface area is 134 Å². The van der Waals surface area contributed by atoms with E-state index in [2.05, 4.69) is 34.5 Å². The second kappa shape index (κ2) is 10.2. The highest BCUT2D eigenvalue weighted by Gasteiger charge is 2.24. The maximum absolute atomic E-state index is 10.7. The Kier molecular flexibility index (Phi) is 8.51. The Morgan fingerprint density at radius 1 is 1.18 bits per heavy atom. The molecule has 0 amide bonds. The number of nitrogens with one attached hydrogen (secondary N) is 2. The number of hydrogen-bond acceptors (Lipinski definition) is 3. The number of aromatic nitrogens is 1. The SMILES string of the molecule is CCCC(O)(CCC)CNC(=NCc1ccccn1)NCC. The van der Waals surface area contributed by atoms with Crippen LogP contribution >= 0.6 is 0 Å². The smallest absolute Gasteiger partial charge is 0.191 e. The largest absolute Gasteiger partial charge is 0.388 e. The molecule has 1 heterocycles. The Morgan fingerprint density at radius 2 is 1.91 bits per heavy atom. The number of hydrogen-bond donors (Lipinski definition) is 3. The van der Waals surface area contributed by atoms with Crippen LogP contribution in [0, 0.1) is 0 Å². The van der Waals surface area contributed by atoms with E-state index in [0.29, 0.717) is 13.1 Å². The van der Waals surface area contributed by atoms with Crippen molar-refractivity contribution in [2.45, 2.75) is 58.6 Å². The monoisotopic (exact) mass is 306 g/mol. The van der Waals surface area contributed by atoms with E-state index >= 15 is 0 Å². The molecule has 0 unspecified atom stereocenters. The van der Waals surface area contributed by atoms with Gasteiger partial charge in [-0.3, -0.25) is 4.98 Å². The molecule has 0 aliphatic rings. The molecule has 0 spiro atoms. The zero-order chi connectivity index (χ0) is 16.3. The molecule has 0 aliphatic carbocycles. The molecule has 124 valence electrons. The van der Waals surface area contributed by atoms with Crippen molar-refractivity contribution in [2.24, 2.45) is 4.99 Å². The maximum Gasteiger partial charge on any atom is 0.191 e. The van der Waals surface area contributed by atoms with Gasteiger partial charge in [-0.2, -0.15) is 0 Å². The summed E-state index contributed by atoms with van der Waals surface area (Å²) in [5.41, 5.74) is 0.266. The number of aliphatic hydroxyl groups is 1. The average molecular weight is 306 g/mol. The molecular weight excluding hydrogens is 276 g/mol. The van der Waals surface area contributed by atoms with Crippen LogP contribution in [0.2, 0.25) is 0 Å². The number of nitrogens with zero attached hydrogens (tertiary/aromatic N) is 2. The first-order valence-electron chi connectivity index (χ1n) is 8.28. The fourth-order valence-electron chi connectivity index (χ4n) is 2.47. The lowest BCUT2D eigenvalue weighted by molar-refractivity contribution is 0.0257. The molecule has 1 rings (SSSR count). The van der Waals surface area contributed by atoms with Gasteiger partial charge in [-0.05, 0) is 31.9 Å². The van der Waals surface area contributed by atoms with Crippen LogP contribution in [0.25, 0.3) is 0 Å². The fourth-order valence-corrected chi connectivity index (χ4v) is 2.47. The topological polar surface area (TPSA) is 69.5 Å². The first kappa shape index (κ1) is 18.4. The van der Waals surface area contributed by atoms with Crippen LogP contribution in [0.4, 0.5) is 0 Å².